The lowest BCUT2D eigenvalue weighted by molar-refractivity contribution is -0.124. The summed E-state index contributed by atoms with van der Waals surface area (Å²) in [6.45, 7) is 0. The van der Waals surface area contributed by atoms with E-state index < -0.39 is 0 Å². The van der Waals surface area contributed by atoms with E-state index in [-0.39, 0.29) is 23.9 Å². The van der Waals surface area contributed by atoms with Crippen molar-refractivity contribution in [2.24, 2.45) is 5.92 Å². The van der Waals surface area contributed by atoms with Crippen LogP contribution in [0.25, 0.3) is 0 Å². The van der Waals surface area contributed by atoms with Crippen LogP contribution in [0, 0.1) is 5.92 Å². The zero-order valence-electron chi connectivity index (χ0n) is 10.4. The summed E-state index contributed by atoms with van der Waals surface area (Å²) in [5, 5.41) is 3.46. The molecule has 100 valence electrons. The van der Waals surface area contributed by atoms with Crippen molar-refractivity contribution >= 4 is 29.2 Å². The lowest BCUT2D eigenvalue weighted by atomic mass is 9.82. The minimum absolute atomic E-state index is 0.00387. The van der Waals surface area contributed by atoms with Gasteiger partial charge in [-0.2, -0.15) is 0 Å². The summed E-state index contributed by atoms with van der Waals surface area (Å²) < 4.78 is 0. The van der Waals surface area contributed by atoms with Gasteiger partial charge in [0.15, 0.2) is 0 Å². The van der Waals surface area contributed by atoms with Gasteiger partial charge in [0, 0.05) is 11.1 Å². The quantitative estimate of drug-likeness (QED) is 0.859. The topological polar surface area (TPSA) is 49.4 Å². The van der Waals surface area contributed by atoms with E-state index in [1.165, 1.54) is 4.90 Å². The first kappa shape index (κ1) is 12.5. The second-order valence-electron chi connectivity index (χ2n) is 5.10. The maximum Gasteiger partial charge on any atom is 0.328 e. The van der Waals surface area contributed by atoms with Crippen molar-refractivity contribution in [2.45, 2.75) is 31.7 Å². The van der Waals surface area contributed by atoms with Crippen LogP contribution in [0.1, 0.15) is 25.7 Å². The number of urea groups is 1. The number of imide groups is 1. The van der Waals surface area contributed by atoms with Crippen LogP contribution >= 0.6 is 11.6 Å². The number of anilines is 1. The molecule has 0 spiro atoms. The van der Waals surface area contributed by atoms with Gasteiger partial charge in [-0.1, -0.05) is 30.5 Å². The number of halogens is 1. The van der Waals surface area contributed by atoms with Gasteiger partial charge in [0.1, 0.15) is 0 Å². The lowest BCUT2D eigenvalue weighted by Crippen LogP contribution is -2.61. The van der Waals surface area contributed by atoms with Crippen molar-refractivity contribution in [3.05, 3.63) is 29.3 Å². The van der Waals surface area contributed by atoms with Crippen LogP contribution in [0.5, 0.6) is 0 Å². The molecule has 1 aromatic carbocycles. The van der Waals surface area contributed by atoms with Crippen molar-refractivity contribution in [1.82, 2.24) is 5.32 Å². The van der Waals surface area contributed by atoms with Crippen molar-refractivity contribution < 1.29 is 9.59 Å². The van der Waals surface area contributed by atoms with Gasteiger partial charge >= 0.3 is 6.03 Å². The van der Waals surface area contributed by atoms with Crippen LogP contribution in [-0.2, 0) is 4.79 Å². The Morgan fingerprint density at radius 1 is 1.21 bits per heavy atom. The van der Waals surface area contributed by atoms with Gasteiger partial charge in [-0.05, 0) is 31.0 Å². The van der Waals surface area contributed by atoms with Crippen LogP contribution < -0.4 is 10.2 Å². The maximum atomic E-state index is 12.5. The highest BCUT2D eigenvalue weighted by molar-refractivity contribution is 6.31. The Hall–Kier alpha value is -1.55. The first-order valence-electron chi connectivity index (χ1n) is 6.57. The first-order chi connectivity index (χ1) is 9.16. The van der Waals surface area contributed by atoms with Gasteiger partial charge < -0.3 is 5.32 Å². The first-order valence-corrected chi connectivity index (χ1v) is 6.94. The SMILES string of the molecule is O=C1NC2CCCCC2C(=O)N1c1cccc(Cl)c1. The summed E-state index contributed by atoms with van der Waals surface area (Å²) in [6.07, 6.45) is 3.87. The number of carbonyl (C=O) groups is 2. The number of nitrogens with one attached hydrogen (secondary N) is 1. The number of hydrogen-bond acceptors (Lipinski definition) is 2. The summed E-state index contributed by atoms with van der Waals surface area (Å²) >= 11 is 5.93. The second-order valence-corrected chi connectivity index (χ2v) is 5.54. The predicted octanol–water partition coefficient (Wildman–Crippen LogP) is 2.96. The molecule has 2 fully saturated rings. The number of fused-ring (bicyclic) bond motifs is 1. The lowest BCUT2D eigenvalue weighted by Gasteiger charge is -2.39. The zero-order valence-corrected chi connectivity index (χ0v) is 11.2. The van der Waals surface area contributed by atoms with Gasteiger partial charge in [-0.25, -0.2) is 9.69 Å². The predicted molar refractivity (Wildman–Crippen MR) is 73.2 cm³/mol. The fraction of sp³-hybridized carbons (Fsp3) is 0.429. The van der Waals surface area contributed by atoms with E-state index in [0.717, 1.165) is 25.7 Å². The number of nitrogens with zero attached hydrogens (tertiary/aromatic N) is 1. The normalized spacial score (nSPS) is 26.9. The molecule has 2 unspecified atom stereocenters. The molecule has 1 saturated heterocycles. The van der Waals surface area contributed by atoms with Crippen LogP contribution in [0.3, 0.4) is 0 Å². The molecule has 1 aromatic rings. The third-order valence-corrected chi connectivity index (χ3v) is 4.12. The van der Waals surface area contributed by atoms with Crippen molar-refractivity contribution in [2.75, 3.05) is 4.90 Å². The highest BCUT2D eigenvalue weighted by atomic mass is 35.5. The van der Waals surface area contributed by atoms with Gasteiger partial charge in [0.25, 0.3) is 0 Å². The van der Waals surface area contributed by atoms with E-state index in [0.29, 0.717) is 10.7 Å². The van der Waals surface area contributed by atoms with Crippen LogP contribution in [-0.4, -0.2) is 18.0 Å². The number of amides is 3. The van der Waals surface area contributed by atoms with Crippen molar-refractivity contribution in [3.63, 3.8) is 0 Å². The smallest absolute Gasteiger partial charge is 0.328 e. The van der Waals surface area contributed by atoms with E-state index >= 15 is 0 Å². The highest BCUT2D eigenvalue weighted by Crippen LogP contribution is 2.32. The number of carbonyl (C=O) groups excluding carboxylic acids is 2. The third kappa shape index (κ3) is 2.21. The van der Waals surface area contributed by atoms with Gasteiger partial charge in [-0.3, -0.25) is 4.79 Å². The molecule has 4 nitrogen and oxygen atoms in total. The van der Waals surface area contributed by atoms with Crippen molar-refractivity contribution in [3.8, 4) is 0 Å². The molecule has 2 atom stereocenters. The number of benzene rings is 1. The molecule has 0 aromatic heterocycles. The summed E-state index contributed by atoms with van der Waals surface area (Å²) in [7, 11) is 0. The molecular weight excluding hydrogens is 264 g/mol. The molecule has 1 aliphatic heterocycles. The highest BCUT2D eigenvalue weighted by Gasteiger charge is 2.42. The Morgan fingerprint density at radius 2 is 2.00 bits per heavy atom. The van der Waals surface area contributed by atoms with Gasteiger partial charge in [0.05, 0.1) is 11.6 Å². The Morgan fingerprint density at radius 3 is 2.79 bits per heavy atom. The molecular formula is C14H15ClN2O2. The molecule has 3 amide bonds. The van der Waals surface area contributed by atoms with E-state index in [1.54, 1.807) is 24.3 Å². The largest absolute Gasteiger partial charge is 0.334 e. The summed E-state index contributed by atoms with van der Waals surface area (Å²) in [5.41, 5.74) is 0.541. The molecule has 1 aliphatic carbocycles. The molecule has 19 heavy (non-hydrogen) atoms. The van der Waals surface area contributed by atoms with E-state index in [1.807, 2.05) is 0 Å². The molecule has 1 N–H and O–H groups in total. The zero-order chi connectivity index (χ0) is 13.4. The van der Waals surface area contributed by atoms with Gasteiger partial charge in [-0.15, -0.1) is 0 Å². The summed E-state index contributed by atoms with van der Waals surface area (Å²) in [5.74, 6) is -0.193. The Labute approximate surface area is 116 Å². The standard InChI is InChI=1S/C14H15ClN2O2/c15-9-4-3-5-10(8-9)17-13(18)11-6-1-2-7-12(11)16-14(17)19/h3-5,8,11-12H,1-2,6-7H2,(H,16,19). The molecule has 0 radical (unpaired) electrons. The Bertz CT molecular complexity index is 532. The summed E-state index contributed by atoms with van der Waals surface area (Å²) in [4.78, 5) is 25.8. The van der Waals surface area contributed by atoms with Crippen LogP contribution in [0.4, 0.5) is 10.5 Å². The minimum atomic E-state index is -0.338. The molecule has 5 heteroatoms. The fourth-order valence-electron chi connectivity index (χ4n) is 2.95. The fourth-order valence-corrected chi connectivity index (χ4v) is 3.13. The van der Waals surface area contributed by atoms with E-state index in [2.05, 4.69) is 5.32 Å². The molecule has 0 bridgehead atoms. The minimum Gasteiger partial charge on any atom is -0.334 e. The molecule has 1 heterocycles. The molecule has 1 saturated carbocycles. The van der Waals surface area contributed by atoms with E-state index in [4.69, 9.17) is 11.6 Å². The third-order valence-electron chi connectivity index (χ3n) is 3.88. The van der Waals surface area contributed by atoms with Gasteiger partial charge in [0.2, 0.25) is 5.91 Å². The maximum absolute atomic E-state index is 12.5. The average molecular weight is 279 g/mol. The molecule has 2 aliphatic rings. The number of rotatable bonds is 1. The Kier molecular flexibility index (Phi) is 3.19. The second kappa shape index (κ2) is 4.85. The van der Waals surface area contributed by atoms with E-state index in [9.17, 15) is 9.59 Å². The number of hydrogen-bond donors (Lipinski definition) is 1. The van der Waals surface area contributed by atoms with Crippen LogP contribution in [0.2, 0.25) is 5.02 Å². The molecule has 3 rings (SSSR count). The van der Waals surface area contributed by atoms with Crippen LogP contribution in [0.15, 0.2) is 24.3 Å². The Balaban J connectivity index is 1.93. The summed E-state index contributed by atoms with van der Waals surface area (Å²) in [6, 6.07) is 6.50. The average Bonchev–Trinajstić information content (AvgIpc) is 2.39. The monoisotopic (exact) mass is 278 g/mol. The van der Waals surface area contributed by atoms with Crippen molar-refractivity contribution in [1.29, 1.82) is 0 Å².